The van der Waals surface area contributed by atoms with Gasteiger partial charge in [-0.05, 0) is 44.7 Å². The number of hydrogen-bond donors (Lipinski definition) is 3. The van der Waals surface area contributed by atoms with Crippen LogP contribution < -0.4 is 11.1 Å². The molecular formula is C31H43N3O7. The van der Waals surface area contributed by atoms with Gasteiger partial charge < -0.3 is 25.6 Å². The Kier molecular flexibility index (Phi) is 13.0. The normalized spacial score (nSPS) is 14.2. The van der Waals surface area contributed by atoms with Crippen molar-refractivity contribution in [1.29, 1.82) is 0 Å². The van der Waals surface area contributed by atoms with Gasteiger partial charge in [-0.2, -0.15) is 0 Å². The highest BCUT2D eigenvalue weighted by atomic mass is 16.6. The number of nitrogens with one attached hydrogen (secondary N) is 1. The van der Waals surface area contributed by atoms with Gasteiger partial charge in [-0.25, -0.2) is 9.69 Å². The second-order valence-electron chi connectivity index (χ2n) is 10.9. The van der Waals surface area contributed by atoms with E-state index in [-0.39, 0.29) is 12.8 Å². The Bertz CT molecular complexity index is 1140. The average Bonchev–Trinajstić information content (AvgIpc) is 2.93. The Morgan fingerprint density at radius 2 is 1.59 bits per heavy atom. The Labute approximate surface area is 242 Å². The molecule has 0 aliphatic heterocycles. The fraction of sp³-hybridized carbons (Fsp3) is 0.484. The van der Waals surface area contributed by atoms with E-state index in [2.05, 4.69) is 5.32 Å². The minimum atomic E-state index is -1.52. The first-order valence-electron chi connectivity index (χ1n) is 13.8. The van der Waals surface area contributed by atoms with Crippen molar-refractivity contribution in [2.24, 2.45) is 5.73 Å². The number of unbranched alkanes of at least 4 members (excludes halogenated alkanes) is 1. The van der Waals surface area contributed by atoms with Gasteiger partial charge in [0, 0.05) is 0 Å². The number of carbonyl (C=O) groups is 4. The van der Waals surface area contributed by atoms with Gasteiger partial charge >= 0.3 is 12.1 Å². The van der Waals surface area contributed by atoms with Gasteiger partial charge in [-0.3, -0.25) is 14.4 Å². The summed E-state index contributed by atoms with van der Waals surface area (Å²) < 4.78 is 10.3. The molecule has 0 radical (unpaired) electrons. The number of aliphatic hydroxyl groups is 1. The van der Waals surface area contributed by atoms with E-state index < -0.39 is 60.1 Å². The summed E-state index contributed by atoms with van der Waals surface area (Å²) >= 11 is 0. The lowest BCUT2D eigenvalue weighted by atomic mass is 9.96. The van der Waals surface area contributed by atoms with Crippen LogP contribution in [0.5, 0.6) is 0 Å². The molecule has 0 heterocycles. The summed E-state index contributed by atoms with van der Waals surface area (Å²) in [5.74, 6) is -2.07. The lowest BCUT2D eigenvalue weighted by Gasteiger charge is -2.36. The summed E-state index contributed by atoms with van der Waals surface area (Å²) in [6, 6.07) is 14.2. The third kappa shape index (κ3) is 10.6. The minimum Gasteiger partial charge on any atom is -0.469 e. The molecule has 10 nitrogen and oxygen atoms in total. The summed E-state index contributed by atoms with van der Waals surface area (Å²) in [4.78, 5) is 53.9. The van der Waals surface area contributed by atoms with Crippen molar-refractivity contribution in [2.45, 2.75) is 89.6 Å². The quantitative estimate of drug-likeness (QED) is 0.310. The number of methoxy groups -OCH3 is 1. The summed E-state index contributed by atoms with van der Waals surface area (Å²) in [7, 11) is 1.18. The molecule has 2 rings (SSSR count). The molecule has 10 heteroatoms. The zero-order valence-electron chi connectivity index (χ0n) is 24.5. The number of nitrogens with zero attached hydrogens (tertiary/aromatic N) is 1. The Hall–Kier alpha value is -3.76. The number of nitrogens with two attached hydrogens (primary N) is 1. The average molecular weight is 570 g/mol. The molecule has 0 saturated carbocycles. The standard InChI is InChI=1S/C31H43N3O7/c1-6-7-18-24(33-28(37)23(32)19-21-14-10-8-11-15-21)29(38)34(30(39)41-31(2,3)4)27(22-16-12-9-13-17-22)25(35)20-26(36)40-5/h8-17,23-25,27,35H,6-7,18-20,32H2,1-5H3,(H,33,37)/t23-,24-,25?,27?/m0/s1. The highest BCUT2D eigenvalue weighted by molar-refractivity contribution is 5.98. The molecule has 224 valence electrons. The third-order valence-corrected chi connectivity index (χ3v) is 6.31. The molecule has 0 fully saturated rings. The van der Waals surface area contributed by atoms with Gasteiger partial charge in [0.2, 0.25) is 5.91 Å². The van der Waals surface area contributed by atoms with Crippen LogP contribution >= 0.6 is 0 Å². The molecule has 0 aliphatic rings. The first-order valence-corrected chi connectivity index (χ1v) is 13.8. The van der Waals surface area contributed by atoms with Crippen LogP contribution in [0.15, 0.2) is 60.7 Å². The first-order chi connectivity index (χ1) is 19.4. The maximum absolute atomic E-state index is 14.2. The van der Waals surface area contributed by atoms with Crippen LogP contribution in [-0.4, -0.2) is 64.8 Å². The summed E-state index contributed by atoms with van der Waals surface area (Å²) in [6.45, 7) is 6.88. The molecule has 0 aliphatic carbocycles. The largest absolute Gasteiger partial charge is 0.469 e. The lowest BCUT2D eigenvalue weighted by molar-refractivity contribution is -0.147. The monoisotopic (exact) mass is 569 g/mol. The second kappa shape index (κ2) is 15.9. The van der Waals surface area contributed by atoms with Gasteiger partial charge in [0.1, 0.15) is 11.6 Å². The molecule has 2 aromatic rings. The van der Waals surface area contributed by atoms with Crippen LogP contribution in [0.2, 0.25) is 0 Å². The SMILES string of the molecule is CCCC[C@H](NC(=O)[C@@H](N)Cc1ccccc1)C(=O)N(C(=O)OC(C)(C)C)C(c1ccccc1)C(O)CC(=O)OC. The molecule has 2 unspecified atom stereocenters. The predicted octanol–water partition coefficient (Wildman–Crippen LogP) is 3.66. The number of aliphatic hydroxyl groups excluding tert-OH is 1. The van der Waals surface area contributed by atoms with Crippen molar-refractivity contribution in [3.05, 3.63) is 71.8 Å². The van der Waals surface area contributed by atoms with Crippen molar-refractivity contribution in [2.75, 3.05) is 7.11 Å². The Morgan fingerprint density at radius 1 is 1.00 bits per heavy atom. The molecule has 0 saturated heterocycles. The van der Waals surface area contributed by atoms with E-state index in [9.17, 15) is 24.3 Å². The number of hydrogen-bond acceptors (Lipinski definition) is 8. The zero-order valence-corrected chi connectivity index (χ0v) is 24.5. The highest BCUT2D eigenvalue weighted by Crippen LogP contribution is 2.30. The van der Waals surface area contributed by atoms with E-state index in [0.29, 0.717) is 12.0 Å². The fourth-order valence-electron chi connectivity index (χ4n) is 4.28. The molecule has 0 aromatic heterocycles. The summed E-state index contributed by atoms with van der Waals surface area (Å²) in [5.41, 5.74) is 6.46. The lowest BCUT2D eigenvalue weighted by Crippen LogP contribution is -2.56. The number of carbonyl (C=O) groups excluding carboxylic acids is 4. The number of benzene rings is 2. The molecule has 0 spiro atoms. The van der Waals surface area contributed by atoms with Crippen LogP contribution in [-0.2, 0) is 30.3 Å². The van der Waals surface area contributed by atoms with E-state index in [0.717, 1.165) is 16.9 Å². The summed E-state index contributed by atoms with van der Waals surface area (Å²) in [6.07, 6.45) is -1.29. The van der Waals surface area contributed by atoms with Crippen molar-refractivity contribution < 1.29 is 33.8 Å². The summed E-state index contributed by atoms with van der Waals surface area (Å²) in [5, 5.41) is 13.9. The van der Waals surface area contributed by atoms with Crippen LogP contribution in [0.25, 0.3) is 0 Å². The fourth-order valence-corrected chi connectivity index (χ4v) is 4.28. The number of imide groups is 1. The van der Waals surface area contributed by atoms with E-state index in [1.54, 1.807) is 51.1 Å². The minimum absolute atomic E-state index is 0.215. The molecule has 2 aromatic carbocycles. The van der Waals surface area contributed by atoms with Gasteiger partial charge in [-0.15, -0.1) is 0 Å². The van der Waals surface area contributed by atoms with Crippen LogP contribution in [0, 0.1) is 0 Å². The maximum atomic E-state index is 14.2. The molecular weight excluding hydrogens is 526 g/mol. The van der Waals surface area contributed by atoms with Crippen molar-refractivity contribution >= 4 is 23.9 Å². The van der Waals surface area contributed by atoms with Gasteiger partial charge in [-0.1, -0.05) is 80.4 Å². The van der Waals surface area contributed by atoms with Crippen LogP contribution in [0.4, 0.5) is 4.79 Å². The van der Waals surface area contributed by atoms with Crippen molar-refractivity contribution in [3.63, 3.8) is 0 Å². The molecule has 4 N–H and O–H groups in total. The van der Waals surface area contributed by atoms with E-state index in [4.69, 9.17) is 15.2 Å². The highest BCUT2D eigenvalue weighted by Gasteiger charge is 2.42. The molecule has 4 atom stereocenters. The Morgan fingerprint density at radius 3 is 2.12 bits per heavy atom. The smallest absolute Gasteiger partial charge is 0.417 e. The topological polar surface area (TPSA) is 148 Å². The number of esters is 1. The zero-order chi connectivity index (χ0) is 30.6. The second-order valence-corrected chi connectivity index (χ2v) is 10.9. The van der Waals surface area contributed by atoms with Crippen molar-refractivity contribution in [1.82, 2.24) is 10.2 Å². The third-order valence-electron chi connectivity index (χ3n) is 6.31. The van der Waals surface area contributed by atoms with Gasteiger partial charge in [0.15, 0.2) is 0 Å². The van der Waals surface area contributed by atoms with Gasteiger partial charge in [0.25, 0.3) is 5.91 Å². The van der Waals surface area contributed by atoms with Gasteiger partial charge in [0.05, 0.1) is 31.7 Å². The van der Waals surface area contributed by atoms with E-state index in [1.165, 1.54) is 7.11 Å². The number of ether oxygens (including phenoxy) is 2. The Balaban J connectivity index is 2.50. The molecule has 3 amide bonds. The maximum Gasteiger partial charge on any atom is 0.417 e. The van der Waals surface area contributed by atoms with E-state index >= 15 is 0 Å². The van der Waals surface area contributed by atoms with Crippen molar-refractivity contribution in [3.8, 4) is 0 Å². The van der Waals surface area contributed by atoms with Crippen LogP contribution in [0.3, 0.4) is 0 Å². The first kappa shape index (κ1) is 33.4. The van der Waals surface area contributed by atoms with Crippen LogP contribution in [0.1, 0.15) is 70.5 Å². The number of rotatable bonds is 13. The number of amides is 3. The van der Waals surface area contributed by atoms with E-state index in [1.807, 2.05) is 37.3 Å². The predicted molar refractivity (Wildman–Crippen MR) is 154 cm³/mol. The molecule has 0 bridgehead atoms. The molecule has 41 heavy (non-hydrogen) atoms.